The van der Waals surface area contributed by atoms with E-state index in [9.17, 15) is 0 Å². The zero-order valence-corrected chi connectivity index (χ0v) is 8.43. The van der Waals surface area contributed by atoms with Crippen molar-refractivity contribution < 1.29 is 19.8 Å². The molecule has 0 unspecified atom stereocenters. The van der Waals surface area contributed by atoms with E-state index in [1.807, 2.05) is 0 Å². The number of rotatable bonds is 0. The predicted molar refractivity (Wildman–Crippen MR) is 31.4 cm³/mol. The minimum absolute atomic E-state index is 0. The maximum atomic E-state index is 8.48. The molecule has 7 heteroatoms. The Labute approximate surface area is 84.0 Å². The van der Waals surface area contributed by atoms with E-state index < -0.39 is 8.25 Å². The maximum Gasteiger partial charge on any atom is 2.00 e. The summed E-state index contributed by atoms with van der Waals surface area (Å²) >= 11 is 2.97. The Morgan fingerprint density at radius 3 is 1.38 bits per heavy atom. The molecule has 4 nitrogen and oxygen atoms in total. The average molecular weight is 185 g/mol. The fraction of sp³-hybridized carbons (Fsp3) is 1.00. The molecule has 0 spiro atoms. The van der Waals surface area contributed by atoms with E-state index in [2.05, 4.69) is 12.6 Å². The van der Waals surface area contributed by atoms with Crippen LogP contribution in [0.25, 0.3) is 0 Å². The fourth-order valence-electron chi connectivity index (χ4n) is 0. The molecule has 0 aliphatic rings. The van der Waals surface area contributed by atoms with E-state index in [0.29, 0.717) is 0 Å². The molecule has 0 aliphatic heterocycles. The third-order valence-electron chi connectivity index (χ3n) is 0. The van der Waals surface area contributed by atoms with Crippen LogP contribution in [0.3, 0.4) is 0 Å². The Balaban J connectivity index is -0.0000000183. The largest absolute Gasteiger partial charge is 2.00 e. The first-order valence-electron chi connectivity index (χ1n) is 1.05. The van der Waals surface area contributed by atoms with E-state index in [1.165, 1.54) is 0 Å². The Morgan fingerprint density at radius 2 is 1.38 bits per heavy atom. The topological polar surface area (TPSA) is 93.2 Å². The summed E-state index contributed by atoms with van der Waals surface area (Å²) in [4.78, 5) is 17.0. The van der Waals surface area contributed by atoms with Gasteiger partial charge in [0.05, 0.1) is 6.26 Å². The summed E-state index contributed by atoms with van der Waals surface area (Å²) in [5.74, 6) is 0. The molecule has 0 saturated heterocycles. The van der Waals surface area contributed by atoms with Crippen molar-refractivity contribution in [1.82, 2.24) is 0 Å². The Bertz CT molecular complexity index is 39.0. The van der Waals surface area contributed by atoms with Crippen LogP contribution in [-0.4, -0.2) is 49.5 Å². The van der Waals surface area contributed by atoms with Crippen LogP contribution in [0.1, 0.15) is 0 Å². The van der Waals surface area contributed by atoms with Gasteiger partial charge in [-0.3, -0.25) is 0 Å². The van der Waals surface area contributed by atoms with Gasteiger partial charge in [0.15, 0.2) is 0 Å². The van der Waals surface area contributed by atoms with Gasteiger partial charge in [-0.15, -0.1) is 0 Å². The second-order valence-electron chi connectivity index (χ2n) is 0.224. The monoisotopic (exact) mass is 185 g/mol. The van der Waals surface area contributed by atoms with Crippen LogP contribution in [0.15, 0.2) is 0 Å². The summed E-state index contributed by atoms with van der Waals surface area (Å²) in [6.45, 7) is 0. The van der Waals surface area contributed by atoms with Gasteiger partial charge in [-0.2, -0.15) is 0 Å². The third-order valence-corrected chi connectivity index (χ3v) is 0. The standard InChI is InChI=1S/CH4S.Ca.HO3P.H2O/c1-2;;1-4(2)3;/h2H,1H3;;(H,1,2,3);1H2/q;+2;;/p-1. The van der Waals surface area contributed by atoms with Crippen LogP contribution in [-0.2, 0) is 17.2 Å². The Hall–Kier alpha value is 1.59. The van der Waals surface area contributed by atoms with E-state index in [4.69, 9.17) is 14.4 Å². The molecule has 0 amide bonds. The maximum absolute atomic E-state index is 8.48. The molecule has 0 rings (SSSR count). The van der Waals surface area contributed by atoms with Crippen molar-refractivity contribution >= 4 is 58.6 Å². The summed E-state index contributed by atoms with van der Waals surface area (Å²) in [5.41, 5.74) is 0. The minimum atomic E-state index is -3.37. The quantitative estimate of drug-likeness (QED) is 0.235. The summed E-state index contributed by atoms with van der Waals surface area (Å²) in [7, 11) is -3.37. The zero-order chi connectivity index (χ0) is 5.58. The molecule has 46 valence electrons. The van der Waals surface area contributed by atoms with E-state index in [1.54, 1.807) is 6.26 Å². The molecule has 1 N–H and O–H groups in total. The number of hydrogen-bond acceptors (Lipinski definition) is 4. The van der Waals surface area contributed by atoms with Crippen molar-refractivity contribution in [3.05, 3.63) is 0 Å². The second kappa shape index (κ2) is 23.5. The molecule has 0 radical (unpaired) electrons. The van der Waals surface area contributed by atoms with Gasteiger partial charge in [0.2, 0.25) is 0 Å². The molecule has 0 bridgehead atoms. The van der Waals surface area contributed by atoms with Crippen LogP contribution in [0.5, 0.6) is 0 Å². The van der Waals surface area contributed by atoms with Crippen molar-refractivity contribution in [2.24, 2.45) is 0 Å². The van der Waals surface area contributed by atoms with Crippen LogP contribution < -0.4 is 9.79 Å². The van der Waals surface area contributed by atoms with Crippen LogP contribution in [0.4, 0.5) is 0 Å². The third kappa shape index (κ3) is 130. The van der Waals surface area contributed by atoms with E-state index >= 15 is 0 Å². The summed E-state index contributed by atoms with van der Waals surface area (Å²) in [6, 6.07) is 0. The van der Waals surface area contributed by atoms with Gasteiger partial charge in [0.25, 0.3) is 8.25 Å². The van der Waals surface area contributed by atoms with Gasteiger partial charge < -0.3 is 15.3 Å². The van der Waals surface area contributed by atoms with Gasteiger partial charge in [0, 0.05) is 0 Å². The second-order valence-corrected chi connectivity index (χ2v) is 0.671. The zero-order valence-electron chi connectivity index (χ0n) is 4.33. The van der Waals surface area contributed by atoms with Gasteiger partial charge in [0.1, 0.15) is 0 Å². The SMILES string of the molecule is C[SH2+].O=[P+]([O-])[O-].[Ca+2].[OH-]. The minimum Gasteiger partial charge on any atom is -0.870 e. The molecule has 0 fully saturated rings. The van der Waals surface area contributed by atoms with E-state index in [-0.39, 0.29) is 43.2 Å². The van der Waals surface area contributed by atoms with Crippen LogP contribution in [0.2, 0.25) is 0 Å². The average Bonchev–Trinajstić information content (AvgIpc) is 1.41. The smallest absolute Gasteiger partial charge is 0.870 e. The summed E-state index contributed by atoms with van der Waals surface area (Å²) < 4.78 is 8.48. The molecular weight excluding hydrogens is 179 g/mol. The first-order valence-corrected chi connectivity index (χ1v) is 3.14. The molecule has 0 aromatic rings. The van der Waals surface area contributed by atoms with Crippen LogP contribution >= 0.6 is 8.25 Å². The first-order chi connectivity index (χ1) is 2.73. The van der Waals surface area contributed by atoms with Gasteiger partial charge in [-0.05, 0) is 12.6 Å². The molecule has 0 aromatic heterocycles. The van der Waals surface area contributed by atoms with Crippen molar-refractivity contribution in [3.63, 3.8) is 0 Å². The van der Waals surface area contributed by atoms with Gasteiger partial charge in [-0.25, -0.2) is 0 Å². The summed E-state index contributed by atoms with van der Waals surface area (Å²) in [5, 5.41) is 0. The predicted octanol–water partition coefficient (Wildman–Crippen LogP) is -2.57. The number of hydrogen-bond donors (Lipinski definition) is 0. The molecule has 0 atom stereocenters. The van der Waals surface area contributed by atoms with Gasteiger partial charge >= 0.3 is 37.7 Å². The van der Waals surface area contributed by atoms with Crippen LogP contribution in [0, 0.1) is 0 Å². The molecule has 0 aliphatic carbocycles. The molecule has 0 aromatic carbocycles. The summed E-state index contributed by atoms with van der Waals surface area (Å²) in [6.07, 6.45) is 1.81. The van der Waals surface area contributed by atoms with Crippen molar-refractivity contribution in [2.75, 3.05) is 6.26 Å². The Morgan fingerprint density at radius 1 is 1.38 bits per heavy atom. The van der Waals surface area contributed by atoms with Gasteiger partial charge in [-0.1, -0.05) is 4.57 Å². The van der Waals surface area contributed by atoms with Crippen molar-refractivity contribution in [2.45, 2.75) is 0 Å². The molecular formula is CH6CaO4PS+. The molecule has 0 saturated carbocycles. The van der Waals surface area contributed by atoms with E-state index in [0.717, 1.165) is 0 Å². The fourth-order valence-corrected chi connectivity index (χ4v) is 0. The first kappa shape index (κ1) is 22.6. The van der Waals surface area contributed by atoms with Crippen molar-refractivity contribution in [3.8, 4) is 0 Å². The molecule has 0 heterocycles. The van der Waals surface area contributed by atoms with Crippen molar-refractivity contribution in [1.29, 1.82) is 0 Å². The normalized spacial score (nSPS) is 4.00. The molecule has 8 heavy (non-hydrogen) atoms. The Kier molecular flexibility index (Phi) is 66.5.